The maximum atomic E-state index is 10.1. The Bertz CT molecular complexity index is 317. The van der Waals surface area contributed by atoms with E-state index in [4.69, 9.17) is 5.73 Å². The van der Waals surface area contributed by atoms with Crippen LogP contribution in [-0.4, -0.2) is 17.8 Å². The molecule has 0 aliphatic carbocycles. The molecular formula is C13H20BrNO. The van der Waals surface area contributed by atoms with Gasteiger partial charge in [0.25, 0.3) is 0 Å². The molecule has 2 atom stereocenters. The zero-order valence-corrected chi connectivity index (χ0v) is 11.3. The Labute approximate surface area is 106 Å². The molecule has 0 saturated heterocycles. The molecule has 0 radical (unpaired) electrons. The summed E-state index contributed by atoms with van der Waals surface area (Å²) < 4.78 is 1.03. The van der Waals surface area contributed by atoms with Crippen LogP contribution < -0.4 is 5.73 Å². The quantitative estimate of drug-likeness (QED) is 0.844. The molecule has 0 aliphatic rings. The second-order valence-corrected chi connectivity index (χ2v) is 5.02. The minimum Gasteiger partial charge on any atom is -0.392 e. The van der Waals surface area contributed by atoms with Crippen LogP contribution in [0.5, 0.6) is 0 Å². The van der Waals surface area contributed by atoms with Crippen LogP contribution in [0.1, 0.15) is 37.7 Å². The van der Waals surface area contributed by atoms with Gasteiger partial charge in [-0.3, -0.25) is 0 Å². The molecule has 1 aromatic rings. The molecule has 1 rings (SSSR count). The lowest BCUT2D eigenvalue weighted by atomic mass is 9.91. The first-order chi connectivity index (χ1) is 7.69. The summed E-state index contributed by atoms with van der Waals surface area (Å²) in [5, 5.41) is 10.1. The average molecular weight is 286 g/mol. The molecule has 1 aromatic carbocycles. The van der Waals surface area contributed by atoms with Crippen molar-refractivity contribution in [1.29, 1.82) is 0 Å². The van der Waals surface area contributed by atoms with Gasteiger partial charge in [-0.15, -0.1) is 0 Å². The maximum absolute atomic E-state index is 10.1. The molecule has 3 N–H and O–H groups in total. The third-order valence-electron chi connectivity index (χ3n) is 2.85. The summed E-state index contributed by atoms with van der Waals surface area (Å²) in [6, 6.07) is 8.02. The Hall–Kier alpha value is -0.380. The fourth-order valence-corrected chi connectivity index (χ4v) is 2.28. The highest BCUT2D eigenvalue weighted by Crippen LogP contribution is 2.24. The van der Waals surface area contributed by atoms with Gasteiger partial charge in [-0.1, -0.05) is 47.8 Å². The van der Waals surface area contributed by atoms with E-state index in [9.17, 15) is 5.11 Å². The number of unbranched alkanes of at least 4 members (excludes halogenated alkanes) is 1. The summed E-state index contributed by atoms with van der Waals surface area (Å²) in [4.78, 5) is 0. The molecule has 0 saturated carbocycles. The predicted molar refractivity (Wildman–Crippen MR) is 71.5 cm³/mol. The molecule has 90 valence electrons. The van der Waals surface area contributed by atoms with Crippen molar-refractivity contribution in [3.63, 3.8) is 0 Å². The normalized spacial score (nSPS) is 14.8. The number of nitrogens with two attached hydrogens (primary N) is 1. The molecule has 0 aromatic heterocycles. The van der Waals surface area contributed by atoms with Gasteiger partial charge < -0.3 is 10.8 Å². The van der Waals surface area contributed by atoms with Gasteiger partial charge >= 0.3 is 0 Å². The Balaban J connectivity index is 2.73. The zero-order chi connectivity index (χ0) is 12.0. The first kappa shape index (κ1) is 13.7. The molecule has 0 bridgehead atoms. The molecule has 0 spiro atoms. The minimum atomic E-state index is -0.334. The molecule has 2 nitrogen and oxygen atoms in total. The summed E-state index contributed by atoms with van der Waals surface area (Å²) in [5.41, 5.74) is 6.86. The first-order valence-electron chi connectivity index (χ1n) is 5.82. The van der Waals surface area contributed by atoms with Crippen molar-refractivity contribution in [2.45, 2.75) is 38.2 Å². The monoisotopic (exact) mass is 285 g/mol. The lowest BCUT2D eigenvalue weighted by Crippen LogP contribution is -2.25. The van der Waals surface area contributed by atoms with E-state index in [1.54, 1.807) is 0 Å². The standard InChI is InChI=1S/C13H20BrNO/c1-2-3-7-13(16)12(9-15)10-5-4-6-11(14)8-10/h4-6,8,12-13,16H,2-3,7,9,15H2,1H3. The van der Waals surface area contributed by atoms with E-state index in [0.29, 0.717) is 6.54 Å². The Morgan fingerprint density at radius 3 is 2.75 bits per heavy atom. The van der Waals surface area contributed by atoms with Crippen molar-refractivity contribution in [2.75, 3.05) is 6.54 Å². The summed E-state index contributed by atoms with van der Waals surface area (Å²) in [6.07, 6.45) is 2.64. The van der Waals surface area contributed by atoms with Gasteiger partial charge in [0.1, 0.15) is 0 Å². The van der Waals surface area contributed by atoms with Crippen LogP contribution in [0.2, 0.25) is 0 Å². The van der Waals surface area contributed by atoms with E-state index >= 15 is 0 Å². The van der Waals surface area contributed by atoms with E-state index in [1.165, 1.54) is 0 Å². The third kappa shape index (κ3) is 3.89. The summed E-state index contributed by atoms with van der Waals surface area (Å²) >= 11 is 3.44. The van der Waals surface area contributed by atoms with Gasteiger partial charge in [0.05, 0.1) is 6.10 Å². The number of hydrogen-bond acceptors (Lipinski definition) is 2. The summed E-state index contributed by atoms with van der Waals surface area (Å²) in [5.74, 6) is 0.0454. The molecule has 2 unspecified atom stereocenters. The fourth-order valence-electron chi connectivity index (χ4n) is 1.87. The van der Waals surface area contributed by atoms with Crippen LogP contribution in [0.25, 0.3) is 0 Å². The molecule has 0 aliphatic heterocycles. The second kappa shape index (κ2) is 7.05. The summed E-state index contributed by atoms with van der Waals surface area (Å²) in [7, 11) is 0. The van der Waals surface area contributed by atoms with Crippen LogP contribution in [-0.2, 0) is 0 Å². The highest BCUT2D eigenvalue weighted by molar-refractivity contribution is 9.10. The van der Waals surface area contributed by atoms with Crippen molar-refractivity contribution < 1.29 is 5.11 Å². The van der Waals surface area contributed by atoms with E-state index in [-0.39, 0.29) is 12.0 Å². The van der Waals surface area contributed by atoms with Crippen LogP contribution >= 0.6 is 15.9 Å². The van der Waals surface area contributed by atoms with Gasteiger partial charge in [-0.25, -0.2) is 0 Å². The lowest BCUT2D eigenvalue weighted by Gasteiger charge is -2.22. The van der Waals surface area contributed by atoms with Crippen LogP contribution in [0, 0.1) is 0 Å². The van der Waals surface area contributed by atoms with Gasteiger partial charge in [-0.2, -0.15) is 0 Å². The van der Waals surface area contributed by atoms with Crippen molar-refractivity contribution in [3.8, 4) is 0 Å². The van der Waals surface area contributed by atoms with E-state index in [0.717, 1.165) is 29.3 Å². The smallest absolute Gasteiger partial charge is 0.0620 e. The van der Waals surface area contributed by atoms with Gasteiger partial charge in [0, 0.05) is 16.9 Å². The molecule has 0 heterocycles. The lowest BCUT2D eigenvalue weighted by molar-refractivity contribution is 0.133. The highest BCUT2D eigenvalue weighted by Gasteiger charge is 2.19. The predicted octanol–water partition coefficient (Wildman–Crippen LogP) is 3.04. The Morgan fingerprint density at radius 2 is 2.19 bits per heavy atom. The number of aliphatic hydroxyl groups excluding tert-OH is 1. The van der Waals surface area contributed by atoms with E-state index < -0.39 is 0 Å². The minimum absolute atomic E-state index is 0.0454. The number of aliphatic hydroxyl groups is 1. The van der Waals surface area contributed by atoms with Crippen LogP contribution in [0.3, 0.4) is 0 Å². The molecule has 16 heavy (non-hydrogen) atoms. The SMILES string of the molecule is CCCCC(O)C(CN)c1cccc(Br)c1. The largest absolute Gasteiger partial charge is 0.392 e. The van der Waals surface area contributed by atoms with E-state index in [1.807, 2.05) is 24.3 Å². The molecular weight excluding hydrogens is 266 g/mol. The number of halogens is 1. The maximum Gasteiger partial charge on any atom is 0.0620 e. The van der Waals surface area contributed by atoms with Crippen molar-refractivity contribution >= 4 is 15.9 Å². The molecule has 0 fully saturated rings. The first-order valence-corrected chi connectivity index (χ1v) is 6.62. The fraction of sp³-hybridized carbons (Fsp3) is 0.538. The average Bonchev–Trinajstić information content (AvgIpc) is 2.27. The Kier molecular flexibility index (Phi) is 6.03. The second-order valence-electron chi connectivity index (χ2n) is 4.11. The van der Waals surface area contributed by atoms with Crippen molar-refractivity contribution in [2.24, 2.45) is 5.73 Å². The van der Waals surface area contributed by atoms with Crippen molar-refractivity contribution in [3.05, 3.63) is 34.3 Å². The number of benzene rings is 1. The summed E-state index contributed by atoms with van der Waals surface area (Å²) in [6.45, 7) is 2.62. The highest BCUT2D eigenvalue weighted by atomic mass is 79.9. The third-order valence-corrected chi connectivity index (χ3v) is 3.34. The van der Waals surface area contributed by atoms with Crippen LogP contribution in [0.4, 0.5) is 0 Å². The molecule has 0 amide bonds. The van der Waals surface area contributed by atoms with Crippen molar-refractivity contribution in [1.82, 2.24) is 0 Å². The van der Waals surface area contributed by atoms with Crippen LogP contribution in [0.15, 0.2) is 28.7 Å². The van der Waals surface area contributed by atoms with E-state index in [2.05, 4.69) is 22.9 Å². The Morgan fingerprint density at radius 1 is 1.44 bits per heavy atom. The number of rotatable bonds is 6. The topological polar surface area (TPSA) is 46.2 Å². The number of hydrogen-bond donors (Lipinski definition) is 2. The van der Waals surface area contributed by atoms with Gasteiger partial charge in [-0.05, 0) is 24.1 Å². The zero-order valence-electron chi connectivity index (χ0n) is 9.70. The van der Waals surface area contributed by atoms with Gasteiger partial charge in [0.2, 0.25) is 0 Å². The van der Waals surface area contributed by atoms with Gasteiger partial charge in [0.15, 0.2) is 0 Å². The molecule has 3 heteroatoms.